The predicted molar refractivity (Wildman–Crippen MR) is 92.2 cm³/mol. The van der Waals surface area contributed by atoms with Crippen molar-refractivity contribution >= 4 is 28.7 Å². The molecule has 1 aliphatic heterocycles. The van der Waals surface area contributed by atoms with Gasteiger partial charge in [-0.3, -0.25) is 19.3 Å². The minimum Gasteiger partial charge on any atom is -0.353 e. The Labute approximate surface area is 143 Å². The van der Waals surface area contributed by atoms with E-state index in [1.807, 2.05) is 0 Å². The number of H-pyrrole nitrogens is 1. The molecule has 0 bridgehead atoms. The van der Waals surface area contributed by atoms with Gasteiger partial charge in [-0.2, -0.15) is 5.10 Å². The first-order valence-electron chi connectivity index (χ1n) is 8.60. The molecule has 1 amide bonds. The molecule has 7 nitrogen and oxygen atoms in total. The molecule has 4 rings (SSSR count). The molecule has 0 aromatic carbocycles. The quantitative estimate of drug-likeness (QED) is 0.654. The number of aromatic nitrogens is 4. The molecule has 8 heteroatoms. The molecule has 1 unspecified atom stereocenters. The highest BCUT2D eigenvalue weighted by Crippen LogP contribution is 2.32. The number of thioether (sulfide) groups is 1. The van der Waals surface area contributed by atoms with E-state index in [4.69, 9.17) is 0 Å². The van der Waals surface area contributed by atoms with Crippen LogP contribution in [0.4, 0.5) is 0 Å². The summed E-state index contributed by atoms with van der Waals surface area (Å²) in [4.78, 5) is 29.5. The van der Waals surface area contributed by atoms with Gasteiger partial charge in [0.2, 0.25) is 5.91 Å². The van der Waals surface area contributed by atoms with Crippen LogP contribution in [0.5, 0.6) is 0 Å². The smallest absolute Gasteiger partial charge is 0.265 e. The SMILES string of the molecule is O=C(CC1CSc2nc3[nH]ncc3c(=O)n21)NC1CCCCCC1. The van der Waals surface area contributed by atoms with Gasteiger partial charge < -0.3 is 5.32 Å². The second kappa shape index (κ2) is 6.58. The summed E-state index contributed by atoms with van der Waals surface area (Å²) in [6.07, 6.45) is 8.88. The van der Waals surface area contributed by atoms with Crippen LogP contribution < -0.4 is 10.9 Å². The van der Waals surface area contributed by atoms with Crippen LogP contribution in [0.1, 0.15) is 51.0 Å². The van der Waals surface area contributed by atoms with Crippen LogP contribution >= 0.6 is 11.8 Å². The van der Waals surface area contributed by atoms with Crippen LogP contribution in [0, 0.1) is 0 Å². The van der Waals surface area contributed by atoms with Crippen LogP contribution in [0.25, 0.3) is 11.0 Å². The molecule has 1 atom stereocenters. The van der Waals surface area contributed by atoms with Crippen LogP contribution in [0.3, 0.4) is 0 Å². The lowest BCUT2D eigenvalue weighted by Crippen LogP contribution is -2.36. The van der Waals surface area contributed by atoms with E-state index in [0.29, 0.717) is 34.4 Å². The van der Waals surface area contributed by atoms with E-state index < -0.39 is 0 Å². The number of hydrogen-bond acceptors (Lipinski definition) is 5. The molecule has 0 saturated heterocycles. The minimum absolute atomic E-state index is 0.0412. The highest BCUT2D eigenvalue weighted by atomic mass is 32.2. The van der Waals surface area contributed by atoms with Gasteiger partial charge in [0.1, 0.15) is 5.39 Å². The molecule has 0 spiro atoms. The number of nitrogens with one attached hydrogen (secondary N) is 2. The number of rotatable bonds is 3. The third-order valence-corrected chi connectivity index (χ3v) is 5.99. The summed E-state index contributed by atoms with van der Waals surface area (Å²) in [5.74, 6) is 0.750. The normalized spacial score (nSPS) is 21.6. The lowest BCUT2D eigenvalue weighted by Gasteiger charge is -2.18. The molecule has 1 fully saturated rings. The maximum Gasteiger partial charge on any atom is 0.265 e. The van der Waals surface area contributed by atoms with E-state index in [0.717, 1.165) is 12.8 Å². The number of hydrogen-bond donors (Lipinski definition) is 2. The Morgan fingerprint density at radius 3 is 2.92 bits per heavy atom. The summed E-state index contributed by atoms with van der Waals surface area (Å²) in [7, 11) is 0. The van der Waals surface area contributed by atoms with Crippen molar-refractivity contribution in [2.75, 3.05) is 5.75 Å². The molecule has 0 radical (unpaired) electrons. The third kappa shape index (κ3) is 2.94. The summed E-state index contributed by atoms with van der Waals surface area (Å²) in [6, 6.07) is 0.162. The van der Waals surface area contributed by atoms with E-state index in [-0.39, 0.29) is 17.5 Å². The van der Waals surface area contributed by atoms with Crippen LogP contribution in [0.15, 0.2) is 16.1 Å². The lowest BCUT2D eigenvalue weighted by atomic mass is 10.1. The number of nitrogens with zero attached hydrogens (tertiary/aromatic N) is 3. The Hall–Kier alpha value is -1.83. The van der Waals surface area contributed by atoms with Crippen LogP contribution in [-0.4, -0.2) is 37.5 Å². The second-order valence-corrected chi connectivity index (χ2v) is 7.61. The fourth-order valence-electron chi connectivity index (χ4n) is 3.63. The van der Waals surface area contributed by atoms with Crippen molar-refractivity contribution in [3.8, 4) is 0 Å². The number of carbonyl (C=O) groups is 1. The topological polar surface area (TPSA) is 92.7 Å². The summed E-state index contributed by atoms with van der Waals surface area (Å²) in [5.41, 5.74) is 0.406. The van der Waals surface area contributed by atoms with Gasteiger partial charge in [-0.25, -0.2) is 4.98 Å². The van der Waals surface area contributed by atoms with Gasteiger partial charge in [-0.1, -0.05) is 37.4 Å². The summed E-state index contributed by atoms with van der Waals surface area (Å²) >= 11 is 1.52. The Kier molecular flexibility index (Phi) is 4.30. The van der Waals surface area contributed by atoms with Gasteiger partial charge in [-0.15, -0.1) is 0 Å². The molecular formula is C16H21N5O2S. The van der Waals surface area contributed by atoms with E-state index in [1.54, 1.807) is 4.57 Å². The molecule has 2 aromatic rings. The number of aromatic amines is 1. The molecule has 2 aromatic heterocycles. The van der Waals surface area contributed by atoms with E-state index in [2.05, 4.69) is 20.5 Å². The lowest BCUT2D eigenvalue weighted by molar-refractivity contribution is -0.122. The highest BCUT2D eigenvalue weighted by molar-refractivity contribution is 7.99. The Bertz CT molecular complexity index is 806. The van der Waals surface area contributed by atoms with Crippen molar-refractivity contribution in [2.24, 2.45) is 0 Å². The summed E-state index contributed by atoms with van der Waals surface area (Å²) in [6.45, 7) is 0. The molecule has 2 N–H and O–H groups in total. The van der Waals surface area contributed by atoms with Crippen molar-refractivity contribution in [3.63, 3.8) is 0 Å². The first kappa shape index (κ1) is 15.7. The van der Waals surface area contributed by atoms with Crippen LogP contribution in [-0.2, 0) is 4.79 Å². The highest BCUT2D eigenvalue weighted by Gasteiger charge is 2.29. The van der Waals surface area contributed by atoms with Crippen molar-refractivity contribution in [2.45, 2.75) is 62.2 Å². The summed E-state index contributed by atoms with van der Waals surface area (Å²) < 4.78 is 1.66. The number of fused-ring (bicyclic) bond motifs is 2. The van der Waals surface area contributed by atoms with E-state index >= 15 is 0 Å². The fourth-order valence-corrected chi connectivity index (χ4v) is 4.77. The minimum atomic E-state index is -0.130. The standard InChI is InChI=1S/C16H21N5O2S/c22-13(18-10-5-3-1-2-4-6-10)7-11-9-24-16-19-14-12(8-17-20-14)15(23)21(11)16/h8,10-11H,1-7,9H2,(H,17,20)(H,18,22). The number of carbonyl (C=O) groups excluding carboxylic acids is 1. The van der Waals surface area contributed by atoms with Crippen molar-refractivity contribution < 1.29 is 4.79 Å². The average molecular weight is 347 g/mol. The van der Waals surface area contributed by atoms with E-state index in [1.165, 1.54) is 43.6 Å². The maximum atomic E-state index is 12.6. The average Bonchev–Trinajstić information content (AvgIpc) is 3.10. The Morgan fingerprint density at radius 1 is 1.33 bits per heavy atom. The monoisotopic (exact) mass is 347 g/mol. The van der Waals surface area contributed by atoms with Crippen molar-refractivity contribution in [1.82, 2.24) is 25.1 Å². The fraction of sp³-hybridized carbons (Fsp3) is 0.625. The zero-order valence-electron chi connectivity index (χ0n) is 13.5. The third-order valence-electron chi connectivity index (χ3n) is 4.89. The summed E-state index contributed by atoms with van der Waals surface area (Å²) in [5, 5.41) is 10.9. The largest absolute Gasteiger partial charge is 0.353 e. The zero-order chi connectivity index (χ0) is 16.5. The van der Waals surface area contributed by atoms with Gasteiger partial charge in [0.25, 0.3) is 5.56 Å². The second-order valence-electron chi connectivity index (χ2n) is 6.63. The Balaban J connectivity index is 1.49. The zero-order valence-corrected chi connectivity index (χ0v) is 14.3. The first-order chi connectivity index (χ1) is 11.7. The van der Waals surface area contributed by atoms with Gasteiger partial charge in [-0.05, 0) is 12.8 Å². The maximum absolute atomic E-state index is 12.6. The molecule has 3 heterocycles. The molecule has 1 aliphatic carbocycles. The van der Waals surface area contributed by atoms with Crippen molar-refractivity contribution in [1.29, 1.82) is 0 Å². The van der Waals surface area contributed by atoms with Gasteiger partial charge in [0.05, 0.1) is 12.2 Å². The van der Waals surface area contributed by atoms with Crippen molar-refractivity contribution in [3.05, 3.63) is 16.6 Å². The molecule has 128 valence electrons. The van der Waals surface area contributed by atoms with E-state index in [9.17, 15) is 9.59 Å². The Morgan fingerprint density at radius 2 is 2.12 bits per heavy atom. The number of amides is 1. The van der Waals surface area contributed by atoms with Gasteiger partial charge >= 0.3 is 0 Å². The molecule has 1 saturated carbocycles. The predicted octanol–water partition coefficient (Wildman–Crippen LogP) is 2.00. The molecule has 2 aliphatic rings. The van der Waals surface area contributed by atoms with Crippen LogP contribution in [0.2, 0.25) is 0 Å². The first-order valence-corrected chi connectivity index (χ1v) is 9.58. The van der Waals surface area contributed by atoms with Gasteiger partial charge in [0, 0.05) is 18.2 Å². The molecule has 24 heavy (non-hydrogen) atoms. The van der Waals surface area contributed by atoms with Gasteiger partial charge in [0.15, 0.2) is 10.8 Å². The molecular weight excluding hydrogens is 326 g/mol.